The first kappa shape index (κ1) is 12.0. The highest BCUT2D eigenvalue weighted by molar-refractivity contribution is 5.77. The lowest BCUT2D eigenvalue weighted by molar-refractivity contribution is -0.138. The van der Waals surface area contributed by atoms with Crippen molar-refractivity contribution < 1.29 is 14.7 Å². The summed E-state index contributed by atoms with van der Waals surface area (Å²) >= 11 is 0. The molecule has 1 aliphatic rings. The number of aliphatic carboxylic acids is 1. The molecule has 0 radical (unpaired) electrons. The van der Waals surface area contributed by atoms with E-state index >= 15 is 0 Å². The Morgan fingerprint density at radius 2 is 1.87 bits per heavy atom. The zero-order valence-corrected chi connectivity index (χ0v) is 8.82. The van der Waals surface area contributed by atoms with Crippen LogP contribution in [-0.2, 0) is 9.59 Å². The van der Waals surface area contributed by atoms with Gasteiger partial charge in [0.1, 0.15) is 0 Å². The molecule has 5 heteroatoms. The molecule has 0 unspecified atom stereocenters. The molecule has 0 aromatic heterocycles. The summed E-state index contributed by atoms with van der Waals surface area (Å²) in [4.78, 5) is 22.9. The van der Waals surface area contributed by atoms with Crippen molar-refractivity contribution >= 4 is 11.9 Å². The number of carboxylic acids is 1. The van der Waals surface area contributed by atoms with Crippen LogP contribution < -0.4 is 5.73 Å². The van der Waals surface area contributed by atoms with Crippen molar-refractivity contribution in [3.05, 3.63) is 0 Å². The van der Waals surface area contributed by atoms with E-state index in [0.29, 0.717) is 12.5 Å². The normalized spacial score (nSPS) is 17.1. The predicted molar refractivity (Wildman–Crippen MR) is 55.2 cm³/mol. The van der Waals surface area contributed by atoms with E-state index in [-0.39, 0.29) is 13.1 Å². The van der Waals surface area contributed by atoms with Gasteiger partial charge in [-0.2, -0.15) is 0 Å². The van der Waals surface area contributed by atoms with Crippen LogP contribution in [0.1, 0.15) is 25.7 Å². The number of amides is 1. The number of nitrogens with two attached hydrogens (primary N) is 1. The van der Waals surface area contributed by atoms with Crippen LogP contribution in [0.5, 0.6) is 0 Å². The molecule has 0 bridgehead atoms. The van der Waals surface area contributed by atoms with E-state index < -0.39 is 11.9 Å². The van der Waals surface area contributed by atoms with Crippen molar-refractivity contribution in [1.82, 2.24) is 4.90 Å². The summed E-state index contributed by atoms with van der Waals surface area (Å²) in [6, 6.07) is 0. The number of carbonyl (C=O) groups is 2. The quantitative estimate of drug-likeness (QED) is 0.654. The molecule has 1 saturated carbocycles. The van der Waals surface area contributed by atoms with Crippen LogP contribution in [0, 0.1) is 5.92 Å². The maximum atomic E-state index is 10.8. The highest BCUT2D eigenvalue weighted by atomic mass is 16.4. The highest BCUT2D eigenvalue weighted by Gasteiger charge is 2.20. The Labute approximate surface area is 89.2 Å². The third-order valence-corrected chi connectivity index (χ3v) is 2.73. The first-order valence-electron chi connectivity index (χ1n) is 5.30. The molecular weight excluding hydrogens is 196 g/mol. The zero-order chi connectivity index (χ0) is 11.3. The molecular formula is C10H18N2O3. The molecule has 1 amide bonds. The van der Waals surface area contributed by atoms with Crippen LogP contribution in [0.3, 0.4) is 0 Å². The lowest BCUT2D eigenvalue weighted by Gasteiger charge is -2.21. The van der Waals surface area contributed by atoms with Gasteiger partial charge in [-0.1, -0.05) is 12.8 Å². The highest BCUT2D eigenvalue weighted by Crippen LogP contribution is 2.25. The van der Waals surface area contributed by atoms with Gasteiger partial charge in [0.2, 0.25) is 5.91 Å². The molecule has 0 saturated heterocycles. The Bertz CT molecular complexity index is 221. The molecule has 1 fully saturated rings. The summed E-state index contributed by atoms with van der Waals surface area (Å²) in [5.74, 6) is -0.841. The van der Waals surface area contributed by atoms with E-state index in [1.165, 1.54) is 12.8 Å². The van der Waals surface area contributed by atoms with E-state index in [2.05, 4.69) is 0 Å². The number of hydrogen-bond donors (Lipinski definition) is 2. The van der Waals surface area contributed by atoms with E-state index in [9.17, 15) is 9.59 Å². The first-order chi connectivity index (χ1) is 7.08. The van der Waals surface area contributed by atoms with Gasteiger partial charge in [-0.3, -0.25) is 14.5 Å². The van der Waals surface area contributed by atoms with Crippen molar-refractivity contribution in [2.75, 3.05) is 19.6 Å². The fraction of sp³-hybridized carbons (Fsp3) is 0.800. The fourth-order valence-corrected chi connectivity index (χ4v) is 2.15. The molecule has 0 atom stereocenters. The second-order valence-corrected chi connectivity index (χ2v) is 4.18. The van der Waals surface area contributed by atoms with Crippen molar-refractivity contribution in [2.24, 2.45) is 11.7 Å². The Balaban J connectivity index is 2.39. The summed E-state index contributed by atoms with van der Waals surface area (Å²) in [5, 5.41) is 8.68. The average Bonchev–Trinajstić information content (AvgIpc) is 2.53. The van der Waals surface area contributed by atoms with E-state index in [1.807, 2.05) is 0 Å². The van der Waals surface area contributed by atoms with Crippen LogP contribution in [0.4, 0.5) is 0 Å². The molecule has 0 heterocycles. The van der Waals surface area contributed by atoms with Crippen LogP contribution >= 0.6 is 0 Å². The number of carboxylic acid groups (broad SMARTS) is 1. The van der Waals surface area contributed by atoms with Gasteiger partial charge in [0.05, 0.1) is 13.1 Å². The average molecular weight is 214 g/mol. The Kier molecular flexibility index (Phi) is 4.55. The molecule has 1 rings (SSSR count). The number of nitrogens with zero attached hydrogens (tertiary/aromatic N) is 1. The molecule has 3 N–H and O–H groups in total. The number of carbonyl (C=O) groups excluding carboxylic acids is 1. The molecule has 15 heavy (non-hydrogen) atoms. The maximum Gasteiger partial charge on any atom is 0.317 e. The standard InChI is InChI=1S/C10H18N2O3/c11-9(13)6-12(7-10(14)15)5-8-3-1-2-4-8/h8H,1-7H2,(H2,11,13)(H,14,15). The second kappa shape index (κ2) is 5.70. The third kappa shape index (κ3) is 4.78. The van der Waals surface area contributed by atoms with Crippen molar-refractivity contribution in [3.63, 3.8) is 0 Å². The van der Waals surface area contributed by atoms with Gasteiger partial charge in [0.15, 0.2) is 0 Å². The number of primary amides is 1. The fourth-order valence-electron chi connectivity index (χ4n) is 2.15. The topological polar surface area (TPSA) is 83.6 Å². The summed E-state index contributed by atoms with van der Waals surface area (Å²) in [5.41, 5.74) is 5.07. The van der Waals surface area contributed by atoms with Crippen LogP contribution in [-0.4, -0.2) is 41.5 Å². The maximum absolute atomic E-state index is 10.8. The smallest absolute Gasteiger partial charge is 0.317 e. The molecule has 0 aromatic carbocycles. The molecule has 0 aliphatic heterocycles. The first-order valence-corrected chi connectivity index (χ1v) is 5.30. The zero-order valence-electron chi connectivity index (χ0n) is 8.82. The van der Waals surface area contributed by atoms with Crippen molar-refractivity contribution in [1.29, 1.82) is 0 Å². The van der Waals surface area contributed by atoms with E-state index in [1.54, 1.807) is 4.90 Å². The van der Waals surface area contributed by atoms with Crippen LogP contribution in [0.2, 0.25) is 0 Å². The second-order valence-electron chi connectivity index (χ2n) is 4.18. The minimum Gasteiger partial charge on any atom is -0.480 e. The SMILES string of the molecule is NC(=O)CN(CC(=O)O)CC1CCCC1. The van der Waals surface area contributed by atoms with E-state index in [0.717, 1.165) is 12.8 Å². The molecule has 86 valence electrons. The largest absolute Gasteiger partial charge is 0.480 e. The third-order valence-electron chi connectivity index (χ3n) is 2.73. The van der Waals surface area contributed by atoms with Gasteiger partial charge in [-0.05, 0) is 18.8 Å². The molecule has 5 nitrogen and oxygen atoms in total. The lowest BCUT2D eigenvalue weighted by atomic mass is 10.1. The molecule has 0 spiro atoms. The lowest BCUT2D eigenvalue weighted by Crippen LogP contribution is -2.39. The Morgan fingerprint density at radius 1 is 1.27 bits per heavy atom. The van der Waals surface area contributed by atoms with Gasteiger partial charge in [0, 0.05) is 6.54 Å². The summed E-state index contributed by atoms with van der Waals surface area (Å²) < 4.78 is 0. The van der Waals surface area contributed by atoms with Gasteiger partial charge in [-0.15, -0.1) is 0 Å². The Morgan fingerprint density at radius 3 is 2.33 bits per heavy atom. The number of hydrogen-bond acceptors (Lipinski definition) is 3. The number of rotatable bonds is 6. The van der Waals surface area contributed by atoms with Gasteiger partial charge >= 0.3 is 5.97 Å². The van der Waals surface area contributed by atoms with Gasteiger partial charge < -0.3 is 10.8 Å². The van der Waals surface area contributed by atoms with Gasteiger partial charge in [-0.25, -0.2) is 0 Å². The van der Waals surface area contributed by atoms with Gasteiger partial charge in [0.25, 0.3) is 0 Å². The van der Waals surface area contributed by atoms with Crippen molar-refractivity contribution in [3.8, 4) is 0 Å². The summed E-state index contributed by atoms with van der Waals surface area (Å²) in [6.07, 6.45) is 4.69. The van der Waals surface area contributed by atoms with Crippen LogP contribution in [0.15, 0.2) is 0 Å². The minimum absolute atomic E-state index is 0.0444. The van der Waals surface area contributed by atoms with Crippen molar-refractivity contribution in [2.45, 2.75) is 25.7 Å². The molecule has 0 aromatic rings. The minimum atomic E-state index is -0.908. The van der Waals surface area contributed by atoms with E-state index in [4.69, 9.17) is 10.8 Å². The Hall–Kier alpha value is -1.10. The summed E-state index contributed by atoms with van der Waals surface area (Å²) in [6.45, 7) is 0.622. The monoisotopic (exact) mass is 214 g/mol. The predicted octanol–water partition coefficient (Wildman–Crippen LogP) is 0.0485. The van der Waals surface area contributed by atoms with Crippen LogP contribution in [0.25, 0.3) is 0 Å². The molecule has 1 aliphatic carbocycles. The summed E-state index contributed by atoms with van der Waals surface area (Å²) in [7, 11) is 0.